The van der Waals surface area contributed by atoms with E-state index in [1.807, 2.05) is 0 Å². The van der Waals surface area contributed by atoms with Gasteiger partial charge in [-0.3, -0.25) is 0 Å². The average molecular weight is 253 g/mol. The van der Waals surface area contributed by atoms with Gasteiger partial charge in [0.15, 0.2) is 0 Å². The number of nitrogens with zero attached hydrogens (tertiary/aromatic N) is 1. The number of nitrogens with two attached hydrogens (primary N) is 1. The molecular formula is C15H31N3. The molecule has 6 unspecified atom stereocenters. The molecule has 2 saturated carbocycles. The van der Waals surface area contributed by atoms with E-state index in [1.165, 1.54) is 32.2 Å². The average Bonchev–Trinajstić information content (AvgIpc) is 2.37. The van der Waals surface area contributed by atoms with Gasteiger partial charge in [0.1, 0.15) is 0 Å². The molecular weight excluding hydrogens is 222 g/mol. The Morgan fingerprint density at radius 3 is 2.44 bits per heavy atom. The van der Waals surface area contributed by atoms with Crippen LogP contribution in [0.4, 0.5) is 0 Å². The Balaban J connectivity index is 1.59. The van der Waals surface area contributed by atoms with E-state index in [1.54, 1.807) is 0 Å². The standard InChI is InChI=1S/C15H31N3/c1-10-12(8-14(10)17-3)6-5-7-18(4)15-9-13(16)11(15)2/h10-15,17H,5-9,16H2,1-4H3. The number of rotatable bonds is 6. The summed E-state index contributed by atoms with van der Waals surface area (Å²) in [4.78, 5) is 2.53. The molecule has 0 saturated heterocycles. The normalized spacial score (nSPS) is 43.7. The Morgan fingerprint density at radius 2 is 1.94 bits per heavy atom. The first-order valence-electron chi connectivity index (χ1n) is 7.67. The maximum atomic E-state index is 5.97. The van der Waals surface area contributed by atoms with Gasteiger partial charge in [-0.15, -0.1) is 0 Å². The largest absolute Gasteiger partial charge is 0.327 e. The quantitative estimate of drug-likeness (QED) is 0.757. The molecule has 0 heterocycles. The summed E-state index contributed by atoms with van der Waals surface area (Å²) in [5, 5.41) is 3.40. The van der Waals surface area contributed by atoms with Crippen molar-refractivity contribution in [1.82, 2.24) is 10.2 Å². The molecule has 2 aliphatic rings. The van der Waals surface area contributed by atoms with Crippen molar-refractivity contribution < 1.29 is 0 Å². The molecule has 2 rings (SSSR count). The van der Waals surface area contributed by atoms with Crippen LogP contribution in [0, 0.1) is 17.8 Å². The van der Waals surface area contributed by atoms with Gasteiger partial charge in [-0.2, -0.15) is 0 Å². The summed E-state index contributed by atoms with van der Waals surface area (Å²) in [5.74, 6) is 2.51. The first-order chi connectivity index (χ1) is 8.54. The van der Waals surface area contributed by atoms with Crippen molar-refractivity contribution in [3.8, 4) is 0 Å². The van der Waals surface area contributed by atoms with Gasteiger partial charge in [-0.1, -0.05) is 13.8 Å². The molecule has 106 valence electrons. The van der Waals surface area contributed by atoms with Gasteiger partial charge in [-0.25, -0.2) is 0 Å². The summed E-state index contributed by atoms with van der Waals surface area (Å²) in [6.45, 7) is 5.93. The van der Waals surface area contributed by atoms with Crippen molar-refractivity contribution in [2.75, 3.05) is 20.6 Å². The van der Waals surface area contributed by atoms with E-state index in [2.05, 4.69) is 38.2 Å². The van der Waals surface area contributed by atoms with Gasteiger partial charge >= 0.3 is 0 Å². The molecule has 0 aromatic heterocycles. The molecule has 3 N–H and O–H groups in total. The Labute approximate surface area is 112 Å². The fraction of sp³-hybridized carbons (Fsp3) is 1.00. The van der Waals surface area contributed by atoms with Crippen LogP contribution in [-0.4, -0.2) is 43.7 Å². The zero-order chi connectivity index (χ0) is 13.3. The molecule has 0 aliphatic heterocycles. The highest BCUT2D eigenvalue weighted by molar-refractivity contribution is 4.95. The molecule has 0 spiro atoms. The molecule has 0 bridgehead atoms. The Bertz CT molecular complexity index is 268. The summed E-state index contributed by atoms with van der Waals surface area (Å²) in [5.41, 5.74) is 5.97. The third kappa shape index (κ3) is 2.73. The molecule has 3 heteroatoms. The molecule has 2 aliphatic carbocycles. The van der Waals surface area contributed by atoms with E-state index >= 15 is 0 Å². The van der Waals surface area contributed by atoms with E-state index < -0.39 is 0 Å². The summed E-state index contributed by atoms with van der Waals surface area (Å²) >= 11 is 0. The topological polar surface area (TPSA) is 41.3 Å². The maximum absolute atomic E-state index is 5.97. The molecule has 0 aromatic carbocycles. The summed E-state index contributed by atoms with van der Waals surface area (Å²) in [6.07, 6.45) is 5.32. The fourth-order valence-corrected chi connectivity index (χ4v) is 3.80. The molecule has 0 radical (unpaired) electrons. The first-order valence-corrected chi connectivity index (χ1v) is 7.67. The number of hydrogen-bond acceptors (Lipinski definition) is 3. The maximum Gasteiger partial charge on any atom is 0.0147 e. The minimum Gasteiger partial charge on any atom is -0.327 e. The third-order valence-electron chi connectivity index (χ3n) is 5.75. The van der Waals surface area contributed by atoms with Crippen LogP contribution in [0.25, 0.3) is 0 Å². The third-order valence-corrected chi connectivity index (χ3v) is 5.75. The molecule has 2 fully saturated rings. The molecule has 18 heavy (non-hydrogen) atoms. The Kier molecular flexibility index (Phi) is 4.68. The van der Waals surface area contributed by atoms with E-state index in [9.17, 15) is 0 Å². The second-order valence-corrected chi connectivity index (χ2v) is 6.70. The van der Waals surface area contributed by atoms with Crippen LogP contribution in [0.5, 0.6) is 0 Å². The summed E-state index contributed by atoms with van der Waals surface area (Å²) in [7, 11) is 4.36. The molecule has 6 atom stereocenters. The lowest BCUT2D eigenvalue weighted by molar-refractivity contribution is 0.0635. The summed E-state index contributed by atoms with van der Waals surface area (Å²) < 4.78 is 0. The van der Waals surface area contributed by atoms with Gasteiger partial charge in [0.05, 0.1) is 0 Å². The lowest BCUT2D eigenvalue weighted by atomic mass is 9.68. The lowest BCUT2D eigenvalue weighted by Crippen LogP contribution is -2.56. The van der Waals surface area contributed by atoms with Gasteiger partial charge in [0.2, 0.25) is 0 Å². The van der Waals surface area contributed by atoms with Gasteiger partial charge in [0.25, 0.3) is 0 Å². The smallest absolute Gasteiger partial charge is 0.0147 e. The first kappa shape index (κ1) is 14.3. The minimum atomic E-state index is 0.445. The second-order valence-electron chi connectivity index (χ2n) is 6.70. The van der Waals surface area contributed by atoms with Crippen molar-refractivity contribution in [1.29, 1.82) is 0 Å². The van der Waals surface area contributed by atoms with Crippen molar-refractivity contribution in [2.45, 2.75) is 57.7 Å². The summed E-state index contributed by atoms with van der Waals surface area (Å²) in [6, 6.07) is 1.96. The van der Waals surface area contributed by atoms with Crippen molar-refractivity contribution >= 4 is 0 Å². The zero-order valence-electron chi connectivity index (χ0n) is 12.5. The Hall–Kier alpha value is -0.120. The van der Waals surface area contributed by atoms with Crippen LogP contribution in [-0.2, 0) is 0 Å². The van der Waals surface area contributed by atoms with Crippen LogP contribution < -0.4 is 11.1 Å². The van der Waals surface area contributed by atoms with Gasteiger partial charge in [-0.05, 0) is 64.1 Å². The van der Waals surface area contributed by atoms with Crippen LogP contribution in [0.1, 0.15) is 39.5 Å². The molecule has 3 nitrogen and oxygen atoms in total. The Morgan fingerprint density at radius 1 is 1.22 bits per heavy atom. The lowest BCUT2D eigenvalue weighted by Gasteiger charge is -2.46. The van der Waals surface area contributed by atoms with E-state index in [-0.39, 0.29) is 0 Å². The highest BCUT2D eigenvalue weighted by Crippen LogP contribution is 2.37. The van der Waals surface area contributed by atoms with Crippen LogP contribution >= 0.6 is 0 Å². The minimum absolute atomic E-state index is 0.445. The highest BCUT2D eigenvalue weighted by atomic mass is 15.2. The zero-order valence-corrected chi connectivity index (χ0v) is 12.5. The monoisotopic (exact) mass is 253 g/mol. The molecule has 0 amide bonds. The molecule has 0 aromatic rings. The van der Waals surface area contributed by atoms with E-state index in [4.69, 9.17) is 5.73 Å². The van der Waals surface area contributed by atoms with Crippen LogP contribution in [0.3, 0.4) is 0 Å². The fourth-order valence-electron chi connectivity index (χ4n) is 3.80. The number of hydrogen-bond donors (Lipinski definition) is 2. The predicted molar refractivity (Wildman–Crippen MR) is 77.5 cm³/mol. The second kappa shape index (κ2) is 5.89. The number of nitrogens with one attached hydrogen (secondary N) is 1. The van der Waals surface area contributed by atoms with Crippen molar-refractivity contribution in [3.05, 3.63) is 0 Å². The van der Waals surface area contributed by atoms with Gasteiger partial charge in [0, 0.05) is 18.1 Å². The van der Waals surface area contributed by atoms with Crippen LogP contribution in [0.2, 0.25) is 0 Å². The van der Waals surface area contributed by atoms with E-state index in [0.717, 1.165) is 23.9 Å². The highest BCUT2D eigenvalue weighted by Gasteiger charge is 2.38. The van der Waals surface area contributed by atoms with E-state index in [0.29, 0.717) is 12.0 Å². The SMILES string of the molecule is CNC1CC(CCCN(C)C2CC(N)C2C)C1C. The predicted octanol–water partition coefficient (Wildman–Crippen LogP) is 1.68. The van der Waals surface area contributed by atoms with Crippen molar-refractivity contribution in [2.24, 2.45) is 23.5 Å². The van der Waals surface area contributed by atoms with Gasteiger partial charge < -0.3 is 16.0 Å². The van der Waals surface area contributed by atoms with Crippen molar-refractivity contribution in [3.63, 3.8) is 0 Å². The van der Waals surface area contributed by atoms with Crippen LogP contribution in [0.15, 0.2) is 0 Å².